The number of rotatable bonds is 6. The van der Waals surface area contributed by atoms with Crippen LogP contribution in [-0.4, -0.2) is 22.2 Å². The molecule has 0 saturated heterocycles. The number of nitrogens with one attached hydrogen (secondary N) is 1. The molecule has 0 aliphatic carbocycles. The Labute approximate surface area is 136 Å². The van der Waals surface area contributed by atoms with E-state index >= 15 is 0 Å². The first-order valence-corrected chi connectivity index (χ1v) is 7.93. The van der Waals surface area contributed by atoms with Crippen LogP contribution >= 0.6 is 0 Å². The zero-order valence-corrected chi connectivity index (χ0v) is 13.3. The first-order chi connectivity index (χ1) is 11.2. The quantitative estimate of drug-likeness (QED) is 0.761. The van der Waals surface area contributed by atoms with Gasteiger partial charge in [-0.1, -0.05) is 42.5 Å². The lowest BCUT2D eigenvalue weighted by molar-refractivity contribution is -0.121. The van der Waals surface area contributed by atoms with Crippen LogP contribution in [0.25, 0.3) is 10.8 Å². The summed E-state index contributed by atoms with van der Waals surface area (Å²) >= 11 is 0. The number of carbonyl (C=O) groups is 1. The van der Waals surface area contributed by atoms with Crippen LogP contribution in [-0.2, 0) is 24.7 Å². The van der Waals surface area contributed by atoms with Crippen LogP contribution in [0.15, 0.2) is 54.9 Å². The largest absolute Gasteiger partial charge is 0.356 e. The SMILES string of the molecule is Cn1cc(CCC(=O)NCCc2cccc3ccccc23)cn1. The third-order valence-corrected chi connectivity index (χ3v) is 4.00. The average Bonchev–Trinajstić information content (AvgIpc) is 2.99. The Morgan fingerprint density at radius 2 is 1.96 bits per heavy atom. The molecule has 0 aliphatic heterocycles. The summed E-state index contributed by atoms with van der Waals surface area (Å²) in [4.78, 5) is 11.9. The van der Waals surface area contributed by atoms with Crippen LogP contribution in [0, 0.1) is 0 Å². The highest BCUT2D eigenvalue weighted by Gasteiger charge is 2.05. The Kier molecular flexibility index (Phi) is 4.71. The highest BCUT2D eigenvalue weighted by atomic mass is 16.1. The fraction of sp³-hybridized carbons (Fsp3) is 0.263. The number of amides is 1. The van der Waals surface area contributed by atoms with Crippen molar-refractivity contribution < 1.29 is 4.79 Å². The van der Waals surface area contributed by atoms with Crippen molar-refractivity contribution in [3.05, 3.63) is 66.0 Å². The molecule has 2 aromatic carbocycles. The topological polar surface area (TPSA) is 46.9 Å². The predicted octanol–water partition coefficient (Wildman–Crippen LogP) is 2.86. The van der Waals surface area contributed by atoms with Gasteiger partial charge in [0.2, 0.25) is 5.91 Å². The maximum absolute atomic E-state index is 11.9. The van der Waals surface area contributed by atoms with Gasteiger partial charge in [0.1, 0.15) is 0 Å². The average molecular weight is 307 g/mol. The molecule has 23 heavy (non-hydrogen) atoms. The summed E-state index contributed by atoms with van der Waals surface area (Å²) in [5, 5.41) is 9.62. The molecule has 0 bridgehead atoms. The van der Waals surface area contributed by atoms with Crippen molar-refractivity contribution in [1.29, 1.82) is 0 Å². The van der Waals surface area contributed by atoms with Gasteiger partial charge < -0.3 is 5.32 Å². The third kappa shape index (κ3) is 3.97. The minimum absolute atomic E-state index is 0.0917. The van der Waals surface area contributed by atoms with Gasteiger partial charge in [0.05, 0.1) is 6.20 Å². The van der Waals surface area contributed by atoms with Crippen molar-refractivity contribution >= 4 is 16.7 Å². The summed E-state index contributed by atoms with van der Waals surface area (Å²) in [6, 6.07) is 14.7. The van der Waals surface area contributed by atoms with Gasteiger partial charge in [0, 0.05) is 26.2 Å². The number of aromatic nitrogens is 2. The smallest absolute Gasteiger partial charge is 0.220 e. The van der Waals surface area contributed by atoms with Gasteiger partial charge in [0.25, 0.3) is 0 Å². The molecule has 1 aromatic heterocycles. The number of benzene rings is 2. The highest BCUT2D eigenvalue weighted by molar-refractivity contribution is 5.85. The van der Waals surface area contributed by atoms with E-state index in [0.29, 0.717) is 13.0 Å². The van der Waals surface area contributed by atoms with Crippen molar-refractivity contribution in [3.63, 3.8) is 0 Å². The van der Waals surface area contributed by atoms with Crippen molar-refractivity contribution in [3.8, 4) is 0 Å². The fourth-order valence-electron chi connectivity index (χ4n) is 2.79. The summed E-state index contributed by atoms with van der Waals surface area (Å²) in [7, 11) is 1.88. The van der Waals surface area contributed by atoms with Crippen LogP contribution in [0.4, 0.5) is 0 Å². The first-order valence-electron chi connectivity index (χ1n) is 7.93. The van der Waals surface area contributed by atoms with Crippen LogP contribution in [0.3, 0.4) is 0 Å². The molecule has 3 rings (SSSR count). The summed E-state index contributed by atoms with van der Waals surface area (Å²) in [6.45, 7) is 0.667. The molecule has 3 aromatic rings. The molecule has 0 aliphatic rings. The van der Waals surface area contributed by atoms with E-state index in [0.717, 1.165) is 18.4 Å². The van der Waals surface area contributed by atoms with Crippen LogP contribution in [0.1, 0.15) is 17.5 Å². The summed E-state index contributed by atoms with van der Waals surface area (Å²) in [5.41, 5.74) is 2.37. The second-order valence-corrected chi connectivity index (χ2v) is 5.76. The van der Waals surface area contributed by atoms with E-state index in [9.17, 15) is 4.79 Å². The Hall–Kier alpha value is -2.62. The molecule has 0 saturated carbocycles. The molecule has 118 valence electrons. The van der Waals surface area contributed by atoms with Gasteiger partial charge in [-0.05, 0) is 34.7 Å². The Balaban J connectivity index is 1.49. The van der Waals surface area contributed by atoms with Crippen molar-refractivity contribution in [2.24, 2.45) is 7.05 Å². The number of hydrogen-bond donors (Lipinski definition) is 1. The second kappa shape index (κ2) is 7.09. The zero-order valence-electron chi connectivity index (χ0n) is 13.3. The maximum atomic E-state index is 11.9. The van der Waals surface area contributed by atoms with E-state index in [2.05, 4.69) is 46.8 Å². The monoisotopic (exact) mass is 307 g/mol. The van der Waals surface area contributed by atoms with Crippen molar-refractivity contribution in [2.75, 3.05) is 6.54 Å². The first kappa shape index (κ1) is 15.3. The highest BCUT2D eigenvalue weighted by Crippen LogP contribution is 2.18. The van der Waals surface area contributed by atoms with Crippen molar-refractivity contribution in [2.45, 2.75) is 19.3 Å². The normalized spacial score (nSPS) is 10.8. The van der Waals surface area contributed by atoms with Crippen LogP contribution in [0.2, 0.25) is 0 Å². The summed E-state index contributed by atoms with van der Waals surface area (Å²) in [5.74, 6) is 0.0917. The lowest BCUT2D eigenvalue weighted by Gasteiger charge is -2.08. The Morgan fingerprint density at radius 1 is 1.13 bits per heavy atom. The molecule has 0 radical (unpaired) electrons. The molecule has 1 N–H and O–H groups in total. The van der Waals surface area contributed by atoms with E-state index < -0.39 is 0 Å². The Bertz CT molecular complexity index is 802. The molecule has 0 fully saturated rings. The fourth-order valence-corrected chi connectivity index (χ4v) is 2.79. The van der Waals surface area contributed by atoms with Gasteiger partial charge >= 0.3 is 0 Å². The number of aryl methyl sites for hydroxylation is 2. The number of hydrogen-bond acceptors (Lipinski definition) is 2. The van der Waals surface area contributed by atoms with E-state index in [1.54, 1.807) is 4.68 Å². The van der Waals surface area contributed by atoms with E-state index in [-0.39, 0.29) is 5.91 Å². The van der Waals surface area contributed by atoms with E-state index in [1.807, 2.05) is 25.5 Å². The molecular formula is C19H21N3O. The van der Waals surface area contributed by atoms with Gasteiger partial charge in [-0.3, -0.25) is 9.48 Å². The van der Waals surface area contributed by atoms with E-state index in [1.165, 1.54) is 16.3 Å². The zero-order chi connectivity index (χ0) is 16.1. The third-order valence-electron chi connectivity index (χ3n) is 4.00. The number of nitrogens with zero attached hydrogens (tertiary/aromatic N) is 2. The molecule has 0 unspecified atom stereocenters. The standard InChI is InChI=1S/C19H21N3O/c1-22-14-15(13-21-22)9-10-19(23)20-12-11-17-7-4-6-16-5-2-3-8-18(16)17/h2-8,13-14H,9-12H2,1H3,(H,20,23). The summed E-state index contributed by atoms with van der Waals surface area (Å²) < 4.78 is 1.76. The lowest BCUT2D eigenvalue weighted by Crippen LogP contribution is -2.25. The van der Waals surface area contributed by atoms with Gasteiger partial charge in [0.15, 0.2) is 0 Å². The van der Waals surface area contributed by atoms with Crippen LogP contribution in [0.5, 0.6) is 0 Å². The van der Waals surface area contributed by atoms with Crippen LogP contribution < -0.4 is 5.32 Å². The minimum atomic E-state index is 0.0917. The Morgan fingerprint density at radius 3 is 2.78 bits per heavy atom. The van der Waals surface area contributed by atoms with Gasteiger partial charge in [-0.15, -0.1) is 0 Å². The minimum Gasteiger partial charge on any atom is -0.356 e. The number of fused-ring (bicyclic) bond motifs is 1. The summed E-state index contributed by atoms with van der Waals surface area (Å²) in [6.07, 6.45) is 5.84. The molecule has 1 heterocycles. The number of carbonyl (C=O) groups excluding carboxylic acids is 1. The molecule has 0 spiro atoms. The lowest BCUT2D eigenvalue weighted by atomic mass is 10.0. The molecule has 4 nitrogen and oxygen atoms in total. The van der Waals surface area contributed by atoms with Gasteiger partial charge in [-0.2, -0.15) is 5.10 Å². The van der Waals surface area contributed by atoms with Gasteiger partial charge in [-0.25, -0.2) is 0 Å². The molecular weight excluding hydrogens is 286 g/mol. The molecule has 4 heteroatoms. The van der Waals surface area contributed by atoms with Crippen molar-refractivity contribution in [1.82, 2.24) is 15.1 Å². The molecule has 1 amide bonds. The van der Waals surface area contributed by atoms with E-state index in [4.69, 9.17) is 0 Å². The molecule has 0 atom stereocenters. The maximum Gasteiger partial charge on any atom is 0.220 e. The predicted molar refractivity (Wildman–Crippen MR) is 92.2 cm³/mol. The second-order valence-electron chi connectivity index (χ2n) is 5.76.